The summed E-state index contributed by atoms with van der Waals surface area (Å²) in [5.74, 6) is -0.362. The maximum Gasteiger partial charge on any atom is 0.273 e. The van der Waals surface area contributed by atoms with Crippen molar-refractivity contribution in [2.45, 2.75) is 33.7 Å². The molecule has 0 spiro atoms. The lowest BCUT2D eigenvalue weighted by Gasteiger charge is -2.20. The van der Waals surface area contributed by atoms with Gasteiger partial charge in [-0.15, -0.1) is 0 Å². The Morgan fingerprint density at radius 3 is 2.54 bits per heavy atom. The van der Waals surface area contributed by atoms with Crippen molar-refractivity contribution in [2.24, 2.45) is 11.0 Å². The van der Waals surface area contributed by atoms with E-state index in [1.54, 1.807) is 64.1 Å². The van der Waals surface area contributed by atoms with Crippen LogP contribution in [0.2, 0.25) is 5.02 Å². The minimum absolute atomic E-state index is 0.0124. The second kappa shape index (κ2) is 11.0. The van der Waals surface area contributed by atoms with Crippen LogP contribution in [0.15, 0.2) is 58.0 Å². The zero-order chi connectivity index (χ0) is 25.7. The van der Waals surface area contributed by atoms with Crippen LogP contribution in [0.5, 0.6) is 0 Å². The molecule has 3 aromatic rings. The molecule has 0 saturated carbocycles. The molecule has 182 valence electrons. The fourth-order valence-corrected chi connectivity index (χ4v) is 3.56. The molecule has 3 rings (SSSR count). The van der Waals surface area contributed by atoms with Gasteiger partial charge in [-0.05, 0) is 61.7 Å². The van der Waals surface area contributed by atoms with E-state index in [4.69, 9.17) is 16.0 Å². The lowest BCUT2D eigenvalue weighted by atomic mass is 10.0. The quantitative estimate of drug-likeness (QED) is 0.257. The van der Waals surface area contributed by atoms with E-state index >= 15 is 0 Å². The summed E-state index contributed by atoms with van der Waals surface area (Å²) < 4.78 is 5.72. The topological polar surface area (TPSA) is 127 Å². The average Bonchev–Trinajstić information content (AvgIpc) is 3.27. The van der Waals surface area contributed by atoms with Crippen molar-refractivity contribution in [3.63, 3.8) is 0 Å². The molecular formula is C25H25ClN4O5. The highest BCUT2D eigenvalue weighted by Gasteiger charge is 2.24. The number of nitro groups is 1. The van der Waals surface area contributed by atoms with Crippen molar-refractivity contribution in [3.05, 3.63) is 86.1 Å². The number of amides is 2. The molecule has 2 aromatic carbocycles. The zero-order valence-electron chi connectivity index (χ0n) is 19.7. The molecule has 0 aliphatic rings. The molecule has 1 aromatic heterocycles. The normalized spacial score (nSPS) is 12.1. The van der Waals surface area contributed by atoms with Gasteiger partial charge >= 0.3 is 0 Å². The number of nitrogens with zero attached hydrogens (tertiary/aromatic N) is 2. The molecular weight excluding hydrogens is 472 g/mol. The summed E-state index contributed by atoms with van der Waals surface area (Å²) in [5.41, 5.74) is 4.69. The molecule has 0 radical (unpaired) electrons. The lowest BCUT2D eigenvalue weighted by Crippen LogP contribution is -2.48. The molecule has 0 fully saturated rings. The molecule has 1 unspecified atom stereocenters. The van der Waals surface area contributed by atoms with Crippen molar-refractivity contribution in [1.29, 1.82) is 0 Å². The first-order valence-corrected chi connectivity index (χ1v) is 11.2. The number of hydrogen-bond acceptors (Lipinski definition) is 6. The monoisotopic (exact) mass is 496 g/mol. The van der Waals surface area contributed by atoms with Gasteiger partial charge in [0.15, 0.2) is 0 Å². The number of hydrogen-bond donors (Lipinski definition) is 2. The molecule has 0 bridgehead atoms. The van der Waals surface area contributed by atoms with Crippen LogP contribution in [0.3, 0.4) is 0 Å². The molecule has 2 N–H and O–H groups in total. The van der Waals surface area contributed by atoms with Gasteiger partial charge in [0, 0.05) is 27.8 Å². The number of furan rings is 1. The van der Waals surface area contributed by atoms with Crippen LogP contribution < -0.4 is 10.7 Å². The predicted octanol–water partition coefficient (Wildman–Crippen LogP) is 5.03. The van der Waals surface area contributed by atoms with Crippen molar-refractivity contribution < 1.29 is 18.9 Å². The molecule has 2 amide bonds. The summed E-state index contributed by atoms with van der Waals surface area (Å²) >= 11 is 5.94. The second-order valence-electron chi connectivity index (χ2n) is 8.34. The maximum atomic E-state index is 12.6. The van der Waals surface area contributed by atoms with Crippen LogP contribution in [0.1, 0.15) is 41.1 Å². The highest BCUT2D eigenvalue weighted by molar-refractivity contribution is 6.31. The number of carbonyl (C=O) groups excluding carboxylic acids is 2. The van der Waals surface area contributed by atoms with Gasteiger partial charge in [0.05, 0.1) is 11.1 Å². The number of nitro benzene ring substituents is 1. The summed E-state index contributed by atoms with van der Waals surface area (Å²) in [7, 11) is 0. The highest BCUT2D eigenvalue weighted by atomic mass is 35.5. The summed E-state index contributed by atoms with van der Waals surface area (Å²) in [6, 6.07) is 12.2. The van der Waals surface area contributed by atoms with Gasteiger partial charge < -0.3 is 9.73 Å². The Kier molecular flexibility index (Phi) is 8.03. The fraction of sp³-hybridized carbons (Fsp3) is 0.240. The molecule has 9 nitrogen and oxygen atoms in total. The zero-order valence-corrected chi connectivity index (χ0v) is 20.4. The SMILES string of the molecule is Cc1cc(-c2ccc(C=NNC(=O)C(NC(=O)c3cccc(Cl)c3)C(C)C)o2)cc([N+](=O)[O-])c1C. The first-order chi connectivity index (χ1) is 16.6. The number of nitrogens with one attached hydrogen (secondary N) is 2. The number of benzene rings is 2. The van der Waals surface area contributed by atoms with Crippen LogP contribution in [-0.2, 0) is 4.79 Å². The third kappa shape index (κ3) is 6.33. The first-order valence-electron chi connectivity index (χ1n) is 10.8. The van der Waals surface area contributed by atoms with Crippen molar-refractivity contribution in [1.82, 2.24) is 10.7 Å². The van der Waals surface area contributed by atoms with Crippen molar-refractivity contribution in [3.8, 4) is 11.3 Å². The van der Waals surface area contributed by atoms with Crippen molar-refractivity contribution in [2.75, 3.05) is 0 Å². The summed E-state index contributed by atoms with van der Waals surface area (Å²) in [4.78, 5) is 36.0. The minimum Gasteiger partial charge on any atom is -0.455 e. The van der Waals surface area contributed by atoms with Gasteiger partial charge in [-0.3, -0.25) is 19.7 Å². The van der Waals surface area contributed by atoms with E-state index in [0.29, 0.717) is 33.2 Å². The summed E-state index contributed by atoms with van der Waals surface area (Å²) in [6.07, 6.45) is 1.31. The largest absolute Gasteiger partial charge is 0.455 e. The summed E-state index contributed by atoms with van der Waals surface area (Å²) in [5, 5.41) is 18.4. The van der Waals surface area contributed by atoms with E-state index in [1.807, 2.05) is 0 Å². The number of aryl methyl sites for hydroxylation is 1. The molecule has 0 aliphatic carbocycles. The van der Waals surface area contributed by atoms with Gasteiger partial charge in [0.25, 0.3) is 17.5 Å². The van der Waals surface area contributed by atoms with E-state index in [-0.39, 0.29) is 11.6 Å². The van der Waals surface area contributed by atoms with Gasteiger partial charge in [-0.1, -0.05) is 31.5 Å². The molecule has 0 aliphatic heterocycles. The molecule has 1 atom stereocenters. The number of halogens is 1. The number of carbonyl (C=O) groups is 2. The lowest BCUT2D eigenvalue weighted by molar-refractivity contribution is -0.385. The van der Waals surface area contributed by atoms with Crippen molar-refractivity contribution >= 4 is 35.3 Å². The Morgan fingerprint density at radius 2 is 1.89 bits per heavy atom. The minimum atomic E-state index is -0.832. The second-order valence-corrected chi connectivity index (χ2v) is 8.77. The highest BCUT2D eigenvalue weighted by Crippen LogP contribution is 2.30. The van der Waals surface area contributed by atoms with Gasteiger partial charge in [-0.25, -0.2) is 5.43 Å². The Hall–Kier alpha value is -3.98. The smallest absolute Gasteiger partial charge is 0.273 e. The fourth-order valence-electron chi connectivity index (χ4n) is 3.37. The molecule has 0 saturated heterocycles. The van der Waals surface area contributed by atoms with Crippen LogP contribution in [0.4, 0.5) is 5.69 Å². The van der Waals surface area contributed by atoms with Crippen LogP contribution in [-0.4, -0.2) is 29.0 Å². The third-order valence-electron chi connectivity index (χ3n) is 5.44. The maximum absolute atomic E-state index is 12.6. The molecule has 1 heterocycles. The van der Waals surface area contributed by atoms with E-state index in [0.717, 1.165) is 5.56 Å². The Balaban J connectivity index is 1.68. The molecule has 10 heteroatoms. The molecule has 35 heavy (non-hydrogen) atoms. The predicted molar refractivity (Wildman–Crippen MR) is 134 cm³/mol. The first kappa shape index (κ1) is 25.6. The van der Waals surface area contributed by atoms with E-state index < -0.39 is 22.8 Å². The van der Waals surface area contributed by atoms with E-state index in [9.17, 15) is 19.7 Å². The Labute approximate surface area is 207 Å². The third-order valence-corrected chi connectivity index (χ3v) is 5.67. The van der Waals surface area contributed by atoms with Gasteiger partial charge in [-0.2, -0.15) is 5.10 Å². The van der Waals surface area contributed by atoms with Gasteiger partial charge in [0.1, 0.15) is 17.6 Å². The van der Waals surface area contributed by atoms with Crippen LogP contribution >= 0.6 is 11.6 Å². The number of rotatable bonds is 8. The average molecular weight is 497 g/mol. The Bertz CT molecular complexity index is 1300. The summed E-state index contributed by atoms with van der Waals surface area (Å²) in [6.45, 7) is 7.09. The van der Waals surface area contributed by atoms with Crippen LogP contribution in [0.25, 0.3) is 11.3 Å². The van der Waals surface area contributed by atoms with E-state index in [2.05, 4.69) is 15.8 Å². The van der Waals surface area contributed by atoms with Crippen LogP contribution in [0, 0.1) is 29.9 Å². The van der Waals surface area contributed by atoms with E-state index in [1.165, 1.54) is 18.3 Å². The van der Waals surface area contributed by atoms with Gasteiger partial charge in [0.2, 0.25) is 0 Å². The standard InChI is InChI=1S/C25H25ClN4O5/c1-14(2)23(28-24(31)17-6-5-7-19(26)11-17)25(32)29-27-13-20-8-9-22(35-20)18-10-15(3)16(4)21(12-18)30(33)34/h5-14,23H,1-4H3,(H,28,31)(H,29,32). The number of hydrazone groups is 1. The Morgan fingerprint density at radius 1 is 1.14 bits per heavy atom.